The predicted octanol–water partition coefficient (Wildman–Crippen LogP) is 2.38. The van der Waals surface area contributed by atoms with Gasteiger partial charge in [-0.3, -0.25) is 0 Å². The Hall–Kier alpha value is -2.57. The van der Waals surface area contributed by atoms with Crippen LogP contribution in [0.2, 0.25) is 0 Å². The van der Waals surface area contributed by atoms with Crippen molar-refractivity contribution in [2.75, 3.05) is 20.2 Å². The second-order valence-corrected chi connectivity index (χ2v) is 5.98. The molecule has 0 radical (unpaired) electrons. The SMILES string of the molecule is CCCCNC(=NCc1ccccc1OC)NCCn1cnnc1CC. The molecule has 2 aromatic rings. The molecule has 7 nitrogen and oxygen atoms in total. The molecule has 26 heavy (non-hydrogen) atoms. The van der Waals surface area contributed by atoms with Gasteiger partial charge in [0, 0.05) is 31.6 Å². The third-order valence-electron chi connectivity index (χ3n) is 4.08. The van der Waals surface area contributed by atoms with Crippen molar-refractivity contribution < 1.29 is 4.74 Å². The van der Waals surface area contributed by atoms with Gasteiger partial charge in [-0.05, 0) is 12.5 Å². The van der Waals surface area contributed by atoms with E-state index in [0.29, 0.717) is 6.54 Å². The fourth-order valence-electron chi connectivity index (χ4n) is 2.59. The van der Waals surface area contributed by atoms with Crippen LogP contribution in [0.4, 0.5) is 0 Å². The summed E-state index contributed by atoms with van der Waals surface area (Å²) in [4.78, 5) is 4.71. The Bertz CT molecular complexity index is 682. The molecule has 0 spiro atoms. The van der Waals surface area contributed by atoms with Gasteiger partial charge in [-0.25, -0.2) is 4.99 Å². The number of unbranched alkanes of at least 4 members (excludes halogenated alkanes) is 1. The van der Waals surface area contributed by atoms with Crippen LogP contribution in [0.25, 0.3) is 0 Å². The number of aromatic nitrogens is 3. The molecule has 0 atom stereocenters. The lowest BCUT2D eigenvalue weighted by Crippen LogP contribution is -2.39. The summed E-state index contributed by atoms with van der Waals surface area (Å²) >= 11 is 0. The molecule has 0 bridgehead atoms. The molecule has 2 N–H and O–H groups in total. The van der Waals surface area contributed by atoms with Crippen LogP contribution in [0.1, 0.15) is 38.1 Å². The largest absolute Gasteiger partial charge is 0.496 e. The average Bonchev–Trinajstić information content (AvgIpc) is 3.13. The van der Waals surface area contributed by atoms with Crippen LogP contribution < -0.4 is 15.4 Å². The van der Waals surface area contributed by atoms with Gasteiger partial charge in [0.25, 0.3) is 0 Å². The van der Waals surface area contributed by atoms with Crippen LogP contribution in [0, 0.1) is 0 Å². The maximum absolute atomic E-state index is 5.40. The summed E-state index contributed by atoms with van der Waals surface area (Å²) in [6, 6.07) is 7.97. The second kappa shape index (κ2) is 11.1. The molecule has 0 aliphatic carbocycles. The zero-order chi connectivity index (χ0) is 18.6. The summed E-state index contributed by atoms with van der Waals surface area (Å²) in [6.07, 6.45) is 4.91. The highest BCUT2D eigenvalue weighted by atomic mass is 16.5. The van der Waals surface area contributed by atoms with Crippen molar-refractivity contribution in [3.05, 3.63) is 42.0 Å². The molecule has 142 valence electrons. The van der Waals surface area contributed by atoms with Crippen LogP contribution >= 0.6 is 0 Å². The number of hydrogen-bond acceptors (Lipinski definition) is 4. The van der Waals surface area contributed by atoms with E-state index in [2.05, 4.69) is 39.2 Å². The minimum atomic E-state index is 0.568. The summed E-state index contributed by atoms with van der Waals surface area (Å²) < 4.78 is 7.47. The van der Waals surface area contributed by atoms with Crippen molar-refractivity contribution in [2.45, 2.75) is 46.2 Å². The van der Waals surface area contributed by atoms with Gasteiger partial charge in [0.2, 0.25) is 0 Å². The van der Waals surface area contributed by atoms with E-state index in [1.807, 2.05) is 24.3 Å². The van der Waals surface area contributed by atoms with E-state index < -0.39 is 0 Å². The highest BCUT2D eigenvalue weighted by molar-refractivity contribution is 5.79. The van der Waals surface area contributed by atoms with Gasteiger partial charge in [0.1, 0.15) is 17.9 Å². The lowest BCUT2D eigenvalue weighted by Gasteiger charge is -2.14. The lowest BCUT2D eigenvalue weighted by molar-refractivity contribution is 0.410. The quantitative estimate of drug-likeness (QED) is 0.387. The van der Waals surface area contributed by atoms with Crippen LogP contribution in [0.15, 0.2) is 35.6 Å². The summed E-state index contributed by atoms with van der Waals surface area (Å²) in [5, 5.41) is 14.9. The Kier molecular flexibility index (Phi) is 8.45. The number of aliphatic imine (C=N–C) groups is 1. The van der Waals surface area contributed by atoms with E-state index in [1.54, 1.807) is 13.4 Å². The first-order valence-corrected chi connectivity index (χ1v) is 9.29. The summed E-state index contributed by atoms with van der Waals surface area (Å²) in [6.45, 7) is 7.30. The third kappa shape index (κ3) is 6.06. The van der Waals surface area contributed by atoms with Crippen LogP contribution in [-0.2, 0) is 19.5 Å². The third-order valence-corrected chi connectivity index (χ3v) is 4.08. The predicted molar refractivity (Wildman–Crippen MR) is 104 cm³/mol. The smallest absolute Gasteiger partial charge is 0.191 e. The normalized spacial score (nSPS) is 11.4. The van der Waals surface area contributed by atoms with E-state index in [-0.39, 0.29) is 0 Å². The van der Waals surface area contributed by atoms with Crippen LogP contribution in [0.5, 0.6) is 5.75 Å². The van der Waals surface area contributed by atoms with Crippen molar-refractivity contribution in [1.29, 1.82) is 0 Å². The number of methoxy groups -OCH3 is 1. The summed E-state index contributed by atoms with van der Waals surface area (Å²) in [7, 11) is 1.69. The second-order valence-electron chi connectivity index (χ2n) is 5.98. The first-order valence-electron chi connectivity index (χ1n) is 9.29. The number of rotatable bonds is 10. The number of hydrogen-bond donors (Lipinski definition) is 2. The molecular formula is C19H30N6O. The molecule has 0 unspecified atom stereocenters. The fourth-order valence-corrected chi connectivity index (χ4v) is 2.59. The van der Waals surface area contributed by atoms with E-state index in [0.717, 1.165) is 62.0 Å². The number of guanidine groups is 1. The van der Waals surface area contributed by atoms with Gasteiger partial charge in [0.05, 0.1) is 13.7 Å². The molecule has 0 aliphatic heterocycles. The Balaban J connectivity index is 1.95. The van der Waals surface area contributed by atoms with Crippen molar-refractivity contribution in [2.24, 2.45) is 4.99 Å². The molecule has 1 heterocycles. The molecule has 0 saturated heterocycles. The van der Waals surface area contributed by atoms with Gasteiger partial charge >= 0.3 is 0 Å². The van der Waals surface area contributed by atoms with E-state index in [4.69, 9.17) is 9.73 Å². The minimum absolute atomic E-state index is 0.568. The fraction of sp³-hybridized carbons (Fsp3) is 0.526. The summed E-state index contributed by atoms with van der Waals surface area (Å²) in [5.74, 6) is 2.68. The summed E-state index contributed by atoms with van der Waals surface area (Å²) in [5.41, 5.74) is 1.07. The monoisotopic (exact) mass is 358 g/mol. The van der Waals surface area contributed by atoms with Crippen molar-refractivity contribution in [1.82, 2.24) is 25.4 Å². The maximum atomic E-state index is 5.40. The topological polar surface area (TPSA) is 76.4 Å². The standard InChI is InChI=1S/C19H30N6O/c1-4-6-11-20-19(21-12-13-25-15-23-24-18(25)5-2)22-14-16-9-7-8-10-17(16)26-3/h7-10,15H,4-6,11-14H2,1-3H3,(H2,20,21,22). The molecule has 1 aromatic heterocycles. The Morgan fingerprint density at radius 3 is 2.77 bits per heavy atom. The van der Waals surface area contributed by atoms with Gasteiger partial charge in [0.15, 0.2) is 5.96 Å². The molecule has 1 aromatic carbocycles. The number of para-hydroxylation sites is 1. The Morgan fingerprint density at radius 1 is 1.19 bits per heavy atom. The van der Waals surface area contributed by atoms with E-state index in [9.17, 15) is 0 Å². The highest BCUT2D eigenvalue weighted by Crippen LogP contribution is 2.17. The maximum Gasteiger partial charge on any atom is 0.191 e. The first-order chi connectivity index (χ1) is 12.8. The zero-order valence-corrected chi connectivity index (χ0v) is 16.0. The highest BCUT2D eigenvalue weighted by Gasteiger charge is 2.04. The zero-order valence-electron chi connectivity index (χ0n) is 16.0. The van der Waals surface area contributed by atoms with Gasteiger partial charge in [-0.2, -0.15) is 0 Å². The molecule has 7 heteroatoms. The number of aryl methyl sites for hydroxylation is 1. The van der Waals surface area contributed by atoms with Gasteiger partial charge in [-0.15, -0.1) is 10.2 Å². The average molecular weight is 358 g/mol. The molecular weight excluding hydrogens is 328 g/mol. The molecule has 2 rings (SSSR count). The minimum Gasteiger partial charge on any atom is -0.496 e. The number of nitrogens with one attached hydrogen (secondary N) is 2. The molecule has 0 fully saturated rings. The molecule has 0 amide bonds. The lowest BCUT2D eigenvalue weighted by atomic mass is 10.2. The first kappa shape index (κ1) is 19.8. The van der Waals surface area contributed by atoms with Gasteiger partial charge < -0.3 is 19.9 Å². The van der Waals surface area contributed by atoms with E-state index in [1.165, 1.54) is 0 Å². The molecule has 0 aliphatic rings. The van der Waals surface area contributed by atoms with Crippen LogP contribution in [0.3, 0.4) is 0 Å². The van der Waals surface area contributed by atoms with Crippen molar-refractivity contribution in [3.63, 3.8) is 0 Å². The van der Waals surface area contributed by atoms with Crippen molar-refractivity contribution in [3.8, 4) is 5.75 Å². The van der Waals surface area contributed by atoms with E-state index >= 15 is 0 Å². The molecule has 0 saturated carbocycles. The Labute approximate surface area is 155 Å². The van der Waals surface area contributed by atoms with Crippen molar-refractivity contribution >= 4 is 5.96 Å². The number of nitrogens with zero attached hydrogens (tertiary/aromatic N) is 4. The van der Waals surface area contributed by atoms with Crippen LogP contribution in [-0.4, -0.2) is 40.9 Å². The number of benzene rings is 1. The Morgan fingerprint density at radius 2 is 2.00 bits per heavy atom. The van der Waals surface area contributed by atoms with Gasteiger partial charge in [-0.1, -0.05) is 38.5 Å². The number of ether oxygens (including phenoxy) is 1.